The number of thiophene rings is 1. The van der Waals surface area contributed by atoms with Gasteiger partial charge < -0.3 is 19.8 Å². The highest BCUT2D eigenvalue weighted by Crippen LogP contribution is 2.34. The molecule has 1 aromatic heterocycles. The summed E-state index contributed by atoms with van der Waals surface area (Å²) in [6.07, 6.45) is 3.36. The van der Waals surface area contributed by atoms with Crippen molar-refractivity contribution in [3.8, 4) is 0 Å². The molecule has 30 heavy (non-hydrogen) atoms. The van der Waals surface area contributed by atoms with Gasteiger partial charge >= 0.3 is 11.9 Å². The molecule has 3 rings (SSSR count). The zero-order valence-electron chi connectivity index (χ0n) is 17.0. The number of carboxylic acids is 2. The Bertz CT molecular complexity index is 742. The van der Waals surface area contributed by atoms with E-state index < -0.39 is 11.9 Å². The van der Waals surface area contributed by atoms with Gasteiger partial charge in [-0.05, 0) is 32.4 Å². The number of fused-ring (bicyclic) bond motifs is 1. The minimum absolute atomic E-state index is 0.232. The van der Waals surface area contributed by atoms with E-state index in [1.54, 1.807) is 11.3 Å². The molecule has 166 valence electrons. The second kappa shape index (κ2) is 12.7. The number of hydrogen-bond donors (Lipinski definition) is 2. The molecule has 0 unspecified atom stereocenters. The van der Waals surface area contributed by atoms with Gasteiger partial charge in [0.15, 0.2) is 0 Å². The molecule has 1 amide bonds. The Labute approximate surface area is 184 Å². The molecule has 1 saturated heterocycles. The van der Waals surface area contributed by atoms with Crippen molar-refractivity contribution < 1.29 is 29.3 Å². The average Bonchev–Trinajstić information content (AvgIpc) is 3.03. The van der Waals surface area contributed by atoms with E-state index >= 15 is 0 Å². The normalized spacial score (nSPS) is 17.2. The molecular formula is C20H28N2O6S2. The molecule has 2 N–H and O–H groups in total. The lowest BCUT2D eigenvalue weighted by atomic mass is 10.2. The fourth-order valence-electron chi connectivity index (χ4n) is 3.09. The molecule has 2 aliphatic heterocycles. The number of ether oxygens (including phenoxy) is 1. The van der Waals surface area contributed by atoms with Gasteiger partial charge in [0.25, 0.3) is 5.91 Å². The molecule has 0 atom stereocenters. The van der Waals surface area contributed by atoms with Crippen molar-refractivity contribution in [2.75, 3.05) is 51.7 Å². The first-order valence-corrected chi connectivity index (χ1v) is 11.6. The van der Waals surface area contributed by atoms with Gasteiger partial charge in [0.2, 0.25) is 0 Å². The maximum Gasteiger partial charge on any atom is 0.328 e. The van der Waals surface area contributed by atoms with Crippen LogP contribution in [0.5, 0.6) is 0 Å². The lowest BCUT2D eigenvalue weighted by Gasteiger charge is -2.27. The standard InChI is InChI=1S/C16H24N2O2S2.C4H4O4/c1-13-12-14-15(19)18(8-11-21-16(14)22-13)5-3-2-4-17-6-9-20-10-7-17;5-3(6)1-2-4(7)8/h12H,2-11H2,1H3;1-2H,(H,5,6)(H,7,8). The smallest absolute Gasteiger partial charge is 0.328 e. The second-order valence-corrected chi connectivity index (χ2v) is 9.49. The minimum atomic E-state index is -1.26. The first kappa shape index (κ1) is 24.4. The molecule has 0 aliphatic carbocycles. The highest BCUT2D eigenvalue weighted by Gasteiger charge is 2.24. The van der Waals surface area contributed by atoms with Crippen molar-refractivity contribution in [1.29, 1.82) is 0 Å². The van der Waals surface area contributed by atoms with Crippen molar-refractivity contribution in [2.45, 2.75) is 24.0 Å². The number of aliphatic carboxylic acids is 2. The summed E-state index contributed by atoms with van der Waals surface area (Å²) in [4.78, 5) is 37.5. The molecule has 2 aliphatic rings. The number of carbonyl (C=O) groups excluding carboxylic acids is 1. The van der Waals surface area contributed by atoms with E-state index in [9.17, 15) is 14.4 Å². The monoisotopic (exact) mass is 456 g/mol. The quantitative estimate of drug-likeness (QED) is 0.476. The molecule has 0 bridgehead atoms. The number of unbranched alkanes of at least 4 members (excludes halogenated alkanes) is 1. The largest absolute Gasteiger partial charge is 0.478 e. The topological polar surface area (TPSA) is 107 Å². The van der Waals surface area contributed by atoms with Crippen LogP contribution in [-0.2, 0) is 14.3 Å². The predicted octanol–water partition coefficient (Wildman–Crippen LogP) is 2.43. The summed E-state index contributed by atoms with van der Waals surface area (Å²) < 4.78 is 6.58. The summed E-state index contributed by atoms with van der Waals surface area (Å²) in [7, 11) is 0. The molecule has 8 nitrogen and oxygen atoms in total. The third-order valence-electron chi connectivity index (χ3n) is 4.56. The Morgan fingerprint density at radius 1 is 1.10 bits per heavy atom. The highest BCUT2D eigenvalue weighted by atomic mass is 32.2. The number of nitrogens with zero attached hydrogens (tertiary/aromatic N) is 2. The molecule has 10 heteroatoms. The van der Waals surface area contributed by atoms with Crippen molar-refractivity contribution in [1.82, 2.24) is 9.80 Å². The number of amides is 1. The van der Waals surface area contributed by atoms with Gasteiger partial charge in [0, 0.05) is 49.0 Å². The minimum Gasteiger partial charge on any atom is -0.478 e. The molecule has 0 radical (unpaired) electrons. The summed E-state index contributed by atoms with van der Waals surface area (Å²) in [6.45, 7) is 8.81. The van der Waals surface area contributed by atoms with E-state index in [0.29, 0.717) is 12.2 Å². The number of thioether (sulfide) groups is 1. The third-order valence-corrected chi connectivity index (χ3v) is 6.88. The number of hydrogen-bond acceptors (Lipinski definition) is 7. The van der Waals surface area contributed by atoms with Crippen LogP contribution in [-0.4, -0.2) is 89.5 Å². The van der Waals surface area contributed by atoms with Crippen LogP contribution in [0.4, 0.5) is 0 Å². The third kappa shape index (κ3) is 8.47. The zero-order chi connectivity index (χ0) is 21.9. The van der Waals surface area contributed by atoms with E-state index in [2.05, 4.69) is 17.9 Å². The Morgan fingerprint density at radius 2 is 1.73 bits per heavy atom. The van der Waals surface area contributed by atoms with E-state index in [-0.39, 0.29) is 5.91 Å². The van der Waals surface area contributed by atoms with E-state index in [1.165, 1.54) is 9.09 Å². The van der Waals surface area contributed by atoms with Crippen LogP contribution in [0.3, 0.4) is 0 Å². The summed E-state index contributed by atoms with van der Waals surface area (Å²) in [6, 6.07) is 2.06. The van der Waals surface area contributed by atoms with Gasteiger partial charge in [0.1, 0.15) is 0 Å². The van der Waals surface area contributed by atoms with Crippen LogP contribution < -0.4 is 0 Å². The van der Waals surface area contributed by atoms with Gasteiger partial charge in [-0.2, -0.15) is 0 Å². The van der Waals surface area contributed by atoms with Crippen LogP contribution in [0.15, 0.2) is 22.4 Å². The van der Waals surface area contributed by atoms with Gasteiger partial charge in [-0.15, -0.1) is 23.1 Å². The number of carboxylic acid groups (broad SMARTS) is 2. The van der Waals surface area contributed by atoms with Gasteiger partial charge in [0.05, 0.1) is 23.0 Å². The van der Waals surface area contributed by atoms with Gasteiger partial charge in [-0.3, -0.25) is 9.69 Å². The molecule has 1 fully saturated rings. The average molecular weight is 457 g/mol. The highest BCUT2D eigenvalue weighted by molar-refractivity contribution is 8.01. The molecular weight excluding hydrogens is 428 g/mol. The van der Waals surface area contributed by atoms with Crippen LogP contribution in [0.25, 0.3) is 0 Å². The van der Waals surface area contributed by atoms with Crippen LogP contribution in [0, 0.1) is 6.92 Å². The summed E-state index contributed by atoms with van der Waals surface area (Å²) in [5, 5.41) is 15.6. The maximum absolute atomic E-state index is 12.6. The first-order chi connectivity index (χ1) is 14.4. The molecule has 1 aromatic rings. The molecule has 3 heterocycles. The van der Waals surface area contributed by atoms with Crippen molar-refractivity contribution in [3.05, 3.63) is 28.7 Å². The van der Waals surface area contributed by atoms with E-state index in [1.807, 2.05) is 16.7 Å². The Kier molecular flexibility index (Phi) is 10.4. The number of aryl methyl sites for hydroxylation is 1. The van der Waals surface area contributed by atoms with Crippen LogP contribution in [0.1, 0.15) is 28.1 Å². The van der Waals surface area contributed by atoms with Gasteiger partial charge in [-0.1, -0.05) is 0 Å². The lowest BCUT2D eigenvalue weighted by Crippen LogP contribution is -2.37. The number of rotatable bonds is 7. The van der Waals surface area contributed by atoms with E-state index in [4.69, 9.17) is 14.9 Å². The van der Waals surface area contributed by atoms with Crippen molar-refractivity contribution in [2.24, 2.45) is 0 Å². The first-order valence-electron chi connectivity index (χ1n) is 9.83. The molecule has 0 spiro atoms. The maximum atomic E-state index is 12.6. The van der Waals surface area contributed by atoms with Crippen LogP contribution >= 0.6 is 23.1 Å². The SMILES string of the molecule is Cc1cc2c(s1)SCCN(CCCCN1CCOCC1)C2=O.O=C(O)C=CC(=O)O. The number of morpholine rings is 1. The summed E-state index contributed by atoms with van der Waals surface area (Å²) in [5.74, 6) is -1.27. The van der Waals surface area contributed by atoms with E-state index in [0.717, 1.165) is 70.1 Å². The molecule has 0 saturated carbocycles. The predicted molar refractivity (Wildman–Crippen MR) is 117 cm³/mol. The van der Waals surface area contributed by atoms with Crippen molar-refractivity contribution >= 4 is 40.9 Å². The van der Waals surface area contributed by atoms with Crippen molar-refractivity contribution in [3.63, 3.8) is 0 Å². The van der Waals surface area contributed by atoms with Gasteiger partial charge in [-0.25, -0.2) is 9.59 Å². The fraction of sp³-hybridized carbons (Fsp3) is 0.550. The fourth-order valence-corrected chi connectivity index (χ4v) is 5.49. The number of carbonyl (C=O) groups is 3. The van der Waals surface area contributed by atoms with Crippen LogP contribution in [0.2, 0.25) is 0 Å². The Hall–Kier alpha value is -1.88. The second-order valence-electron chi connectivity index (χ2n) is 6.87. The lowest BCUT2D eigenvalue weighted by molar-refractivity contribution is -0.134. The Balaban J connectivity index is 0.000000343. The molecule has 0 aromatic carbocycles. The summed E-state index contributed by atoms with van der Waals surface area (Å²) >= 11 is 3.59. The Morgan fingerprint density at radius 3 is 2.37 bits per heavy atom. The summed E-state index contributed by atoms with van der Waals surface area (Å²) in [5.41, 5.74) is 0.929. The zero-order valence-corrected chi connectivity index (χ0v) is 18.7.